The summed E-state index contributed by atoms with van der Waals surface area (Å²) in [5.41, 5.74) is 1.07. The first kappa shape index (κ1) is 11.4. The lowest BCUT2D eigenvalue weighted by Crippen LogP contribution is -2.19. The molecule has 0 bridgehead atoms. The minimum absolute atomic E-state index is 0.713. The Morgan fingerprint density at radius 1 is 1.57 bits per heavy atom. The molecule has 0 atom stereocenters. The van der Waals surface area contributed by atoms with Crippen LogP contribution in [0.4, 0.5) is 0 Å². The van der Waals surface area contributed by atoms with Gasteiger partial charge in [0.25, 0.3) is 0 Å². The summed E-state index contributed by atoms with van der Waals surface area (Å²) in [5.74, 6) is 0.713. The minimum Gasteiger partial charge on any atom is -0.313 e. The van der Waals surface area contributed by atoms with Crippen LogP contribution < -0.4 is 5.32 Å². The molecule has 0 fully saturated rings. The molecule has 0 aliphatic carbocycles. The Labute approximate surface area is 90.1 Å². The number of hydrogen-bond acceptors (Lipinski definition) is 3. The van der Waals surface area contributed by atoms with Crippen LogP contribution in [0.3, 0.4) is 0 Å². The highest BCUT2D eigenvalue weighted by Crippen LogP contribution is 2.08. The van der Waals surface area contributed by atoms with Crippen LogP contribution in [0.2, 0.25) is 0 Å². The molecule has 1 rings (SSSR count). The Morgan fingerprint density at radius 3 is 2.93 bits per heavy atom. The van der Waals surface area contributed by atoms with Gasteiger partial charge in [-0.1, -0.05) is 19.9 Å². The van der Waals surface area contributed by atoms with Gasteiger partial charge >= 0.3 is 0 Å². The van der Waals surface area contributed by atoms with E-state index in [2.05, 4.69) is 41.7 Å². The summed E-state index contributed by atoms with van der Waals surface area (Å²) in [6.45, 7) is 8.44. The molecule has 0 aliphatic heterocycles. The fourth-order valence-electron chi connectivity index (χ4n) is 1.09. The second kappa shape index (κ2) is 5.94. The van der Waals surface area contributed by atoms with Crippen LogP contribution in [0.25, 0.3) is 6.08 Å². The van der Waals surface area contributed by atoms with Crippen molar-refractivity contribution in [3.05, 3.63) is 22.2 Å². The molecule has 0 saturated carbocycles. The molecule has 0 saturated heterocycles. The van der Waals surface area contributed by atoms with Gasteiger partial charge in [-0.2, -0.15) is 0 Å². The van der Waals surface area contributed by atoms with Gasteiger partial charge in [0.05, 0.1) is 10.7 Å². The summed E-state index contributed by atoms with van der Waals surface area (Å²) in [7, 11) is 0. The molecule has 1 N–H and O–H groups in total. The number of rotatable bonds is 5. The van der Waals surface area contributed by atoms with Gasteiger partial charge in [0.15, 0.2) is 0 Å². The van der Waals surface area contributed by atoms with Crippen LogP contribution in [-0.4, -0.2) is 18.1 Å². The van der Waals surface area contributed by atoms with Crippen molar-refractivity contribution in [1.29, 1.82) is 0 Å². The van der Waals surface area contributed by atoms with E-state index in [0.717, 1.165) is 23.8 Å². The van der Waals surface area contributed by atoms with Crippen molar-refractivity contribution >= 4 is 17.4 Å². The van der Waals surface area contributed by atoms with E-state index in [9.17, 15) is 0 Å². The predicted molar refractivity (Wildman–Crippen MR) is 63.6 cm³/mol. The van der Waals surface area contributed by atoms with E-state index < -0.39 is 0 Å². The summed E-state index contributed by atoms with van der Waals surface area (Å²) in [4.78, 5) is 4.35. The Kier molecular flexibility index (Phi) is 4.84. The van der Waals surface area contributed by atoms with E-state index in [1.54, 1.807) is 11.3 Å². The third kappa shape index (κ3) is 4.53. The van der Waals surface area contributed by atoms with E-state index in [1.807, 2.05) is 6.92 Å². The summed E-state index contributed by atoms with van der Waals surface area (Å²) in [6, 6.07) is 0. The zero-order chi connectivity index (χ0) is 10.4. The number of aryl methyl sites for hydroxylation is 1. The van der Waals surface area contributed by atoms with Crippen molar-refractivity contribution in [2.45, 2.75) is 20.8 Å². The molecule has 14 heavy (non-hydrogen) atoms. The third-order valence-corrected chi connectivity index (χ3v) is 2.53. The summed E-state index contributed by atoms with van der Waals surface area (Å²) in [5, 5.41) is 6.55. The lowest BCUT2D eigenvalue weighted by molar-refractivity contribution is 0.577. The number of nitrogens with zero attached hydrogens (tertiary/aromatic N) is 1. The van der Waals surface area contributed by atoms with Crippen molar-refractivity contribution in [3.63, 3.8) is 0 Å². The number of nitrogens with one attached hydrogen (secondary N) is 1. The largest absolute Gasteiger partial charge is 0.313 e. The van der Waals surface area contributed by atoms with E-state index in [-0.39, 0.29) is 0 Å². The van der Waals surface area contributed by atoms with Crippen LogP contribution >= 0.6 is 11.3 Å². The van der Waals surface area contributed by atoms with Gasteiger partial charge in [0.2, 0.25) is 0 Å². The molecule has 0 aromatic carbocycles. The van der Waals surface area contributed by atoms with E-state index in [1.165, 1.54) is 0 Å². The second-order valence-electron chi connectivity index (χ2n) is 3.75. The van der Waals surface area contributed by atoms with Gasteiger partial charge in [0, 0.05) is 11.9 Å². The highest BCUT2D eigenvalue weighted by Gasteiger charge is 1.92. The molecule has 0 unspecified atom stereocenters. The lowest BCUT2D eigenvalue weighted by atomic mass is 10.2. The molecule has 1 aromatic heterocycles. The van der Waals surface area contributed by atoms with Gasteiger partial charge in [-0.3, -0.25) is 0 Å². The van der Waals surface area contributed by atoms with Crippen molar-refractivity contribution < 1.29 is 0 Å². The second-order valence-corrected chi connectivity index (χ2v) is 4.81. The van der Waals surface area contributed by atoms with Crippen molar-refractivity contribution in [2.75, 3.05) is 13.1 Å². The molecule has 78 valence electrons. The van der Waals surface area contributed by atoms with Crippen molar-refractivity contribution in [2.24, 2.45) is 5.92 Å². The first-order chi connectivity index (χ1) is 6.68. The number of thiazole rings is 1. The van der Waals surface area contributed by atoms with E-state index in [0.29, 0.717) is 5.92 Å². The monoisotopic (exact) mass is 210 g/mol. The van der Waals surface area contributed by atoms with Gasteiger partial charge in [-0.25, -0.2) is 4.98 Å². The van der Waals surface area contributed by atoms with Crippen LogP contribution in [0.15, 0.2) is 11.5 Å². The van der Waals surface area contributed by atoms with Crippen LogP contribution in [-0.2, 0) is 0 Å². The highest BCUT2D eigenvalue weighted by atomic mass is 32.1. The first-order valence-corrected chi connectivity index (χ1v) is 5.86. The van der Waals surface area contributed by atoms with Crippen molar-refractivity contribution in [1.82, 2.24) is 10.3 Å². The maximum atomic E-state index is 4.35. The van der Waals surface area contributed by atoms with E-state index in [4.69, 9.17) is 0 Å². The zero-order valence-corrected chi connectivity index (χ0v) is 9.90. The molecular formula is C11H18N2S. The lowest BCUT2D eigenvalue weighted by Gasteiger charge is -2.03. The zero-order valence-electron chi connectivity index (χ0n) is 9.08. The molecule has 3 heteroatoms. The quantitative estimate of drug-likeness (QED) is 0.756. The molecule has 0 spiro atoms. The predicted octanol–water partition coefficient (Wildman–Crippen LogP) is 2.71. The van der Waals surface area contributed by atoms with Crippen LogP contribution in [0, 0.1) is 12.8 Å². The summed E-state index contributed by atoms with van der Waals surface area (Å²) >= 11 is 1.69. The molecule has 2 nitrogen and oxygen atoms in total. The summed E-state index contributed by atoms with van der Waals surface area (Å²) < 4.78 is 0. The Hall–Kier alpha value is -0.670. The fourth-order valence-corrected chi connectivity index (χ4v) is 1.67. The SMILES string of the molecule is Cc1nc(C=CCNCC(C)C)cs1. The standard InChI is InChI=1S/C11H18N2S/c1-9(2)7-12-6-4-5-11-8-14-10(3)13-11/h4-5,8-9,12H,6-7H2,1-3H3. The Balaban J connectivity index is 2.21. The van der Waals surface area contributed by atoms with Gasteiger partial charge < -0.3 is 5.32 Å². The maximum Gasteiger partial charge on any atom is 0.0901 e. The van der Waals surface area contributed by atoms with E-state index >= 15 is 0 Å². The smallest absolute Gasteiger partial charge is 0.0901 e. The highest BCUT2D eigenvalue weighted by molar-refractivity contribution is 7.09. The molecule has 1 heterocycles. The van der Waals surface area contributed by atoms with Gasteiger partial charge in [-0.05, 0) is 25.5 Å². The Morgan fingerprint density at radius 2 is 2.36 bits per heavy atom. The van der Waals surface area contributed by atoms with Gasteiger partial charge in [-0.15, -0.1) is 11.3 Å². The molecule has 0 amide bonds. The molecule has 0 radical (unpaired) electrons. The summed E-state index contributed by atoms with van der Waals surface area (Å²) in [6.07, 6.45) is 4.19. The fraction of sp³-hybridized carbons (Fsp3) is 0.545. The van der Waals surface area contributed by atoms with Crippen molar-refractivity contribution in [3.8, 4) is 0 Å². The molecule has 0 aliphatic rings. The topological polar surface area (TPSA) is 24.9 Å². The van der Waals surface area contributed by atoms with Crippen LogP contribution in [0.1, 0.15) is 24.5 Å². The average molecular weight is 210 g/mol. The van der Waals surface area contributed by atoms with Gasteiger partial charge in [0.1, 0.15) is 0 Å². The minimum atomic E-state index is 0.713. The van der Waals surface area contributed by atoms with Crippen LogP contribution in [0.5, 0.6) is 0 Å². The Bertz CT molecular complexity index is 289. The normalized spacial score (nSPS) is 11.7. The maximum absolute atomic E-state index is 4.35. The molecular weight excluding hydrogens is 192 g/mol. The first-order valence-electron chi connectivity index (χ1n) is 4.98. The molecule has 1 aromatic rings. The number of hydrogen-bond donors (Lipinski definition) is 1. The average Bonchev–Trinajstić information content (AvgIpc) is 2.50. The third-order valence-electron chi connectivity index (χ3n) is 1.74. The number of aromatic nitrogens is 1.